The van der Waals surface area contributed by atoms with Crippen LogP contribution in [0, 0.1) is 0 Å². The minimum absolute atomic E-state index is 0.154. The van der Waals surface area contributed by atoms with Crippen LogP contribution in [0.3, 0.4) is 0 Å². The molecule has 0 saturated carbocycles. The number of nitrogens with zero attached hydrogens (tertiary/aromatic N) is 3. The average molecular weight is 338 g/mol. The van der Waals surface area contributed by atoms with Gasteiger partial charge in [0.1, 0.15) is 5.52 Å². The van der Waals surface area contributed by atoms with Gasteiger partial charge in [-0.15, -0.1) is 5.10 Å². The molecule has 1 N–H and O–H groups in total. The molecule has 2 aromatic carbocycles. The highest BCUT2D eigenvalue weighted by Crippen LogP contribution is 2.32. The molecule has 1 aliphatic rings. The largest absolute Gasteiger partial charge is 0.454 e. The van der Waals surface area contributed by atoms with Gasteiger partial charge in [-0.05, 0) is 49.7 Å². The van der Waals surface area contributed by atoms with Crippen molar-refractivity contribution in [2.24, 2.45) is 0 Å². The van der Waals surface area contributed by atoms with Crippen molar-refractivity contribution in [1.29, 1.82) is 0 Å². The predicted molar refractivity (Wildman–Crippen MR) is 91.6 cm³/mol. The Hall–Kier alpha value is -3.09. The number of fused-ring (bicyclic) bond motifs is 2. The maximum atomic E-state index is 12.4. The minimum Gasteiger partial charge on any atom is -0.454 e. The monoisotopic (exact) mass is 338 g/mol. The fourth-order valence-corrected chi connectivity index (χ4v) is 2.80. The van der Waals surface area contributed by atoms with Crippen LogP contribution in [0.15, 0.2) is 36.4 Å². The first-order chi connectivity index (χ1) is 12.1. The van der Waals surface area contributed by atoms with E-state index in [-0.39, 0.29) is 18.7 Å². The van der Waals surface area contributed by atoms with Crippen LogP contribution in [-0.4, -0.2) is 27.7 Å². The van der Waals surface area contributed by atoms with E-state index in [2.05, 4.69) is 15.6 Å². The molecular formula is C18H18N4O3. The molecule has 7 nitrogen and oxygen atoms in total. The van der Waals surface area contributed by atoms with E-state index in [1.54, 1.807) is 12.1 Å². The van der Waals surface area contributed by atoms with Crippen LogP contribution in [0.25, 0.3) is 11.0 Å². The molecule has 3 aromatic rings. The van der Waals surface area contributed by atoms with Crippen molar-refractivity contribution in [2.45, 2.75) is 26.4 Å². The number of ether oxygens (including phenoxy) is 2. The maximum absolute atomic E-state index is 12.4. The zero-order valence-electron chi connectivity index (χ0n) is 14.0. The summed E-state index contributed by atoms with van der Waals surface area (Å²) in [5, 5.41) is 11.2. The van der Waals surface area contributed by atoms with E-state index in [1.165, 1.54) is 0 Å². The molecule has 25 heavy (non-hydrogen) atoms. The van der Waals surface area contributed by atoms with E-state index in [9.17, 15) is 4.79 Å². The summed E-state index contributed by atoms with van der Waals surface area (Å²) in [5.74, 6) is 1.28. The number of carbonyl (C=O) groups excluding carboxylic acids is 1. The van der Waals surface area contributed by atoms with Crippen LogP contribution in [0.5, 0.6) is 11.5 Å². The number of hydrogen-bond acceptors (Lipinski definition) is 5. The molecule has 0 unspecified atom stereocenters. The number of benzene rings is 2. The van der Waals surface area contributed by atoms with E-state index >= 15 is 0 Å². The second kappa shape index (κ2) is 6.08. The second-order valence-corrected chi connectivity index (χ2v) is 6.20. The van der Waals surface area contributed by atoms with Crippen LogP contribution in [0.4, 0.5) is 0 Å². The van der Waals surface area contributed by atoms with E-state index in [1.807, 2.05) is 42.8 Å². The van der Waals surface area contributed by atoms with E-state index in [4.69, 9.17) is 9.47 Å². The number of hydrogen-bond donors (Lipinski definition) is 1. The summed E-state index contributed by atoms with van der Waals surface area (Å²) in [7, 11) is 0. The molecule has 128 valence electrons. The fourth-order valence-electron chi connectivity index (χ4n) is 2.80. The zero-order valence-corrected chi connectivity index (χ0v) is 14.0. The molecule has 0 bridgehead atoms. The molecule has 0 radical (unpaired) electrons. The Morgan fingerprint density at radius 2 is 2.04 bits per heavy atom. The van der Waals surface area contributed by atoms with Crippen molar-refractivity contribution >= 4 is 16.9 Å². The molecule has 2 heterocycles. The summed E-state index contributed by atoms with van der Waals surface area (Å²) < 4.78 is 12.5. The summed E-state index contributed by atoms with van der Waals surface area (Å²) in [6.07, 6.45) is 0. The normalized spacial score (nSPS) is 12.8. The van der Waals surface area contributed by atoms with Gasteiger partial charge in [-0.1, -0.05) is 11.3 Å². The number of aromatic nitrogens is 3. The molecule has 1 aliphatic heterocycles. The van der Waals surface area contributed by atoms with Crippen LogP contribution >= 0.6 is 0 Å². The van der Waals surface area contributed by atoms with Gasteiger partial charge in [-0.25, -0.2) is 4.68 Å². The predicted octanol–water partition coefficient (Wildman–Crippen LogP) is 2.67. The fraction of sp³-hybridized carbons (Fsp3) is 0.278. The van der Waals surface area contributed by atoms with E-state index < -0.39 is 0 Å². The SMILES string of the molecule is CC(C)n1nnc2cc(C(=O)NCc3ccc4c(c3)OCO4)ccc21. The standard InChI is InChI=1S/C18H18N4O3/c1-11(2)22-15-5-4-13(8-14(15)20-21-22)18(23)19-9-12-3-6-16-17(7-12)25-10-24-16/h3-8,11H,9-10H2,1-2H3,(H,19,23). The van der Waals surface area contributed by atoms with Gasteiger partial charge < -0.3 is 14.8 Å². The topological polar surface area (TPSA) is 78.3 Å². The van der Waals surface area contributed by atoms with Crippen LogP contribution < -0.4 is 14.8 Å². The first-order valence-electron chi connectivity index (χ1n) is 8.13. The maximum Gasteiger partial charge on any atom is 0.251 e. The third-order valence-corrected chi connectivity index (χ3v) is 4.11. The molecule has 0 spiro atoms. The smallest absolute Gasteiger partial charge is 0.251 e. The quantitative estimate of drug-likeness (QED) is 0.791. The summed E-state index contributed by atoms with van der Waals surface area (Å²) >= 11 is 0. The first kappa shape index (κ1) is 15.4. The number of rotatable bonds is 4. The Bertz CT molecular complexity index is 949. The van der Waals surface area contributed by atoms with Gasteiger partial charge in [0, 0.05) is 18.2 Å². The molecule has 7 heteroatoms. The van der Waals surface area contributed by atoms with Gasteiger partial charge in [0.25, 0.3) is 5.91 Å². The molecule has 4 rings (SSSR count). The minimum atomic E-state index is -0.154. The Labute approximate surface area is 144 Å². The van der Waals surface area contributed by atoms with Crippen LogP contribution in [0.1, 0.15) is 35.8 Å². The van der Waals surface area contributed by atoms with Crippen molar-refractivity contribution in [3.63, 3.8) is 0 Å². The van der Waals surface area contributed by atoms with Crippen molar-refractivity contribution in [3.8, 4) is 11.5 Å². The Balaban J connectivity index is 1.48. The molecule has 1 amide bonds. The number of amides is 1. The van der Waals surface area contributed by atoms with Gasteiger partial charge in [-0.2, -0.15) is 0 Å². The highest BCUT2D eigenvalue weighted by molar-refractivity contribution is 5.97. The van der Waals surface area contributed by atoms with Crippen LogP contribution in [0.2, 0.25) is 0 Å². The first-order valence-corrected chi connectivity index (χ1v) is 8.13. The van der Waals surface area contributed by atoms with Gasteiger partial charge in [-0.3, -0.25) is 4.79 Å². The van der Waals surface area contributed by atoms with Gasteiger partial charge >= 0.3 is 0 Å². The molecule has 0 fully saturated rings. The lowest BCUT2D eigenvalue weighted by atomic mass is 10.1. The Morgan fingerprint density at radius 3 is 2.88 bits per heavy atom. The van der Waals surface area contributed by atoms with Gasteiger partial charge in [0.15, 0.2) is 11.5 Å². The van der Waals surface area contributed by atoms with E-state index in [0.29, 0.717) is 23.4 Å². The lowest BCUT2D eigenvalue weighted by Crippen LogP contribution is -2.22. The summed E-state index contributed by atoms with van der Waals surface area (Å²) in [4.78, 5) is 12.4. The number of nitrogens with one attached hydrogen (secondary N) is 1. The third-order valence-electron chi connectivity index (χ3n) is 4.11. The molecule has 1 aromatic heterocycles. The molecule has 0 atom stereocenters. The highest BCUT2D eigenvalue weighted by atomic mass is 16.7. The van der Waals surface area contributed by atoms with Crippen LogP contribution in [-0.2, 0) is 6.54 Å². The second-order valence-electron chi connectivity index (χ2n) is 6.20. The summed E-state index contributed by atoms with van der Waals surface area (Å²) in [6.45, 7) is 4.73. The van der Waals surface area contributed by atoms with Crippen molar-refractivity contribution in [1.82, 2.24) is 20.3 Å². The average Bonchev–Trinajstić information content (AvgIpc) is 3.24. The lowest BCUT2D eigenvalue weighted by Gasteiger charge is -2.07. The molecule has 0 saturated heterocycles. The Morgan fingerprint density at radius 1 is 1.20 bits per heavy atom. The molecule has 0 aliphatic carbocycles. The summed E-state index contributed by atoms with van der Waals surface area (Å²) in [5.41, 5.74) is 3.14. The zero-order chi connectivity index (χ0) is 17.4. The van der Waals surface area contributed by atoms with Crippen molar-refractivity contribution in [2.75, 3.05) is 6.79 Å². The Kier molecular flexibility index (Phi) is 3.76. The lowest BCUT2D eigenvalue weighted by molar-refractivity contribution is 0.0951. The van der Waals surface area contributed by atoms with Gasteiger partial charge in [0.05, 0.1) is 5.52 Å². The van der Waals surface area contributed by atoms with Crippen molar-refractivity contribution < 1.29 is 14.3 Å². The third kappa shape index (κ3) is 2.88. The van der Waals surface area contributed by atoms with E-state index in [0.717, 1.165) is 16.8 Å². The highest BCUT2D eigenvalue weighted by Gasteiger charge is 2.14. The number of carbonyl (C=O) groups is 1. The van der Waals surface area contributed by atoms with Crippen molar-refractivity contribution in [3.05, 3.63) is 47.5 Å². The molecular weight excluding hydrogens is 320 g/mol. The van der Waals surface area contributed by atoms with Gasteiger partial charge in [0.2, 0.25) is 6.79 Å². The summed E-state index contributed by atoms with van der Waals surface area (Å²) in [6, 6.07) is 11.3.